The molecular weight excluding hydrogens is 382 g/mol. The molecule has 3 heterocycles. The van der Waals surface area contributed by atoms with Crippen LogP contribution in [0.15, 0.2) is 0 Å². The second kappa shape index (κ2) is 10.1. The van der Waals surface area contributed by atoms with Gasteiger partial charge in [0.15, 0.2) is 0 Å². The van der Waals surface area contributed by atoms with Gasteiger partial charge in [0, 0.05) is 25.6 Å². The maximum absolute atomic E-state index is 12.0. The Bertz CT molecular complexity index is 656. The number of hydrogen-bond donors (Lipinski definition) is 2. The second-order valence-corrected chi connectivity index (χ2v) is 8.28. The van der Waals surface area contributed by atoms with Gasteiger partial charge in [0.05, 0.1) is 7.11 Å². The quantitative estimate of drug-likeness (QED) is 0.646. The van der Waals surface area contributed by atoms with E-state index >= 15 is 0 Å². The molecule has 2 aliphatic rings. The summed E-state index contributed by atoms with van der Waals surface area (Å²) in [6, 6.07) is 0.661. The molecule has 0 aromatic carbocycles. The largest absolute Gasteiger partial charge is 0.469 e. The average molecular weight is 412 g/mol. The van der Waals surface area contributed by atoms with E-state index in [9.17, 15) is 14.7 Å². The fourth-order valence-electron chi connectivity index (χ4n) is 3.78. The third-order valence-electron chi connectivity index (χ3n) is 5.44. The Morgan fingerprint density at radius 1 is 1.21 bits per heavy atom. The van der Waals surface area contributed by atoms with Crippen LogP contribution in [0.4, 0.5) is 10.3 Å². The van der Waals surface area contributed by atoms with Crippen molar-refractivity contribution >= 4 is 33.5 Å². The van der Waals surface area contributed by atoms with Gasteiger partial charge in [0.25, 0.3) is 5.91 Å². The number of likely N-dealkylation sites (tertiary alicyclic amines) is 1. The van der Waals surface area contributed by atoms with Crippen molar-refractivity contribution in [2.45, 2.75) is 57.1 Å². The van der Waals surface area contributed by atoms with E-state index in [2.05, 4.69) is 30.1 Å². The molecule has 0 unspecified atom stereocenters. The van der Waals surface area contributed by atoms with Crippen molar-refractivity contribution in [3.63, 3.8) is 0 Å². The average Bonchev–Trinajstić information content (AvgIpc) is 3.20. The standard InChI is InChI=1S/C18H29N5O4S/c1-27-15(25)6-5-14(24)16(26)19-17-20-21-18(28-17)23-11-7-13(8-12-23)22-9-3-2-4-10-22/h13-14,24H,2-12H2,1H3,(H,19,20,26)/t14-/m0/s1. The number of carbonyl (C=O) groups excluding carboxylic acids is 2. The number of nitrogens with zero attached hydrogens (tertiary/aromatic N) is 4. The van der Waals surface area contributed by atoms with E-state index in [1.165, 1.54) is 50.8 Å². The van der Waals surface area contributed by atoms with Crippen molar-refractivity contribution in [1.29, 1.82) is 0 Å². The van der Waals surface area contributed by atoms with Crippen molar-refractivity contribution < 1.29 is 19.4 Å². The zero-order chi connectivity index (χ0) is 19.9. The fraction of sp³-hybridized carbons (Fsp3) is 0.778. The van der Waals surface area contributed by atoms with Crippen LogP contribution in [0.3, 0.4) is 0 Å². The number of aromatic nitrogens is 2. The fourth-order valence-corrected chi connectivity index (χ4v) is 4.58. The number of aliphatic hydroxyl groups excluding tert-OH is 1. The molecule has 1 aromatic rings. The molecule has 1 amide bonds. The Hall–Kier alpha value is -1.78. The second-order valence-electron chi connectivity index (χ2n) is 7.32. The topological polar surface area (TPSA) is 108 Å². The third-order valence-corrected chi connectivity index (χ3v) is 6.34. The monoisotopic (exact) mass is 411 g/mol. The van der Waals surface area contributed by atoms with Crippen LogP contribution in [0, 0.1) is 0 Å². The summed E-state index contributed by atoms with van der Waals surface area (Å²) >= 11 is 1.31. The van der Waals surface area contributed by atoms with Crippen molar-refractivity contribution in [2.75, 3.05) is 43.5 Å². The summed E-state index contributed by atoms with van der Waals surface area (Å²) in [7, 11) is 1.27. The van der Waals surface area contributed by atoms with Crippen LogP contribution in [0.1, 0.15) is 44.9 Å². The highest BCUT2D eigenvalue weighted by molar-refractivity contribution is 7.19. The van der Waals surface area contributed by atoms with Crippen LogP contribution >= 0.6 is 11.3 Å². The van der Waals surface area contributed by atoms with Gasteiger partial charge in [-0.2, -0.15) is 0 Å². The van der Waals surface area contributed by atoms with E-state index in [0.29, 0.717) is 11.2 Å². The Morgan fingerprint density at radius 3 is 2.61 bits per heavy atom. The number of piperidine rings is 2. The van der Waals surface area contributed by atoms with Gasteiger partial charge in [-0.15, -0.1) is 10.2 Å². The third kappa shape index (κ3) is 5.62. The number of rotatable bonds is 7. The summed E-state index contributed by atoms with van der Waals surface area (Å²) in [5.74, 6) is -1.05. The highest BCUT2D eigenvalue weighted by Gasteiger charge is 2.27. The first kappa shape index (κ1) is 20.9. The summed E-state index contributed by atoms with van der Waals surface area (Å²) in [5, 5.41) is 21.8. The van der Waals surface area contributed by atoms with E-state index < -0.39 is 18.0 Å². The lowest BCUT2D eigenvalue weighted by Crippen LogP contribution is -2.46. The first-order valence-corrected chi connectivity index (χ1v) is 10.8. The smallest absolute Gasteiger partial charge is 0.305 e. The predicted molar refractivity (Wildman–Crippen MR) is 106 cm³/mol. The number of methoxy groups -OCH3 is 1. The SMILES string of the molecule is COC(=O)CC[C@H](O)C(=O)Nc1nnc(N2CCC(N3CCCCC3)CC2)s1. The number of anilines is 2. The molecular formula is C18H29N5O4S. The zero-order valence-corrected chi connectivity index (χ0v) is 17.1. The zero-order valence-electron chi connectivity index (χ0n) is 16.3. The van der Waals surface area contributed by atoms with Crippen molar-refractivity contribution in [2.24, 2.45) is 0 Å². The predicted octanol–water partition coefficient (Wildman–Crippen LogP) is 1.25. The van der Waals surface area contributed by atoms with E-state index in [1.54, 1.807) is 0 Å². The number of nitrogens with one attached hydrogen (secondary N) is 1. The van der Waals surface area contributed by atoms with E-state index in [0.717, 1.165) is 31.1 Å². The maximum Gasteiger partial charge on any atom is 0.305 e. The van der Waals surface area contributed by atoms with Crippen molar-refractivity contribution in [3.8, 4) is 0 Å². The molecule has 2 fully saturated rings. The number of carbonyl (C=O) groups is 2. The van der Waals surface area contributed by atoms with Crippen molar-refractivity contribution in [3.05, 3.63) is 0 Å². The van der Waals surface area contributed by atoms with Gasteiger partial charge in [-0.1, -0.05) is 17.8 Å². The number of aliphatic hydroxyl groups is 1. The molecule has 0 bridgehead atoms. The van der Waals surface area contributed by atoms with Crippen LogP contribution < -0.4 is 10.2 Å². The van der Waals surface area contributed by atoms with Gasteiger partial charge < -0.3 is 19.6 Å². The summed E-state index contributed by atoms with van der Waals surface area (Å²) in [6.07, 6.45) is 4.92. The molecule has 1 atom stereocenters. The van der Waals surface area contributed by atoms with Gasteiger partial charge in [-0.25, -0.2) is 0 Å². The van der Waals surface area contributed by atoms with Gasteiger partial charge in [-0.3, -0.25) is 14.9 Å². The molecule has 2 saturated heterocycles. The highest BCUT2D eigenvalue weighted by Crippen LogP contribution is 2.28. The lowest BCUT2D eigenvalue weighted by atomic mass is 10.0. The first-order chi connectivity index (χ1) is 13.6. The van der Waals surface area contributed by atoms with Crippen LogP contribution in [-0.2, 0) is 14.3 Å². The number of amides is 1. The first-order valence-electron chi connectivity index (χ1n) is 9.95. The molecule has 28 heavy (non-hydrogen) atoms. The molecule has 9 nitrogen and oxygen atoms in total. The molecule has 0 spiro atoms. The Morgan fingerprint density at radius 2 is 1.93 bits per heavy atom. The van der Waals surface area contributed by atoms with Crippen LogP contribution in [-0.4, -0.2) is 77.5 Å². The normalized spacial score (nSPS) is 20.0. The lowest BCUT2D eigenvalue weighted by Gasteiger charge is -2.40. The molecule has 2 N–H and O–H groups in total. The number of esters is 1. The Balaban J connectivity index is 1.45. The summed E-state index contributed by atoms with van der Waals surface area (Å²) in [5.41, 5.74) is 0. The van der Waals surface area contributed by atoms with Crippen molar-refractivity contribution in [1.82, 2.24) is 15.1 Å². The Labute approximate surface area is 169 Å². The molecule has 3 rings (SSSR count). The molecule has 0 radical (unpaired) electrons. The Kier molecular flexibility index (Phi) is 7.57. The van der Waals surface area contributed by atoms with Gasteiger partial charge in [-0.05, 0) is 45.2 Å². The number of ether oxygens (including phenoxy) is 1. The summed E-state index contributed by atoms with van der Waals surface area (Å²) in [6.45, 7) is 4.31. The van der Waals surface area contributed by atoms with E-state index in [4.69, 9.17) is 0 Å². The summed E-state index contributed by atoms with van der Waals surface area (Å²) in [4.78, 5) is 28.0. The van der Waals surface area contributed by atoms with Crippen LogP contribution in [0.2, 0.25) is 0 Å². The van der Waals surface area contributed by atoms with Gasteiger partial charge in [0.1, 0.15) is 6.10 Å². The highest BCUT2D eigenvalue weighted by atomic mass is 32.1. The van der Waals surface area contributed by atoms with Gasteiger partial charge in [0.2, 0.25) is 10.3 Å². The molecule has 0 saturated carbocycles. The van der Waals surface area contributed by atoms with E-state index in [-0.39, 0.29) is 12.8 Å². The van der Waals surface area contributed by atoms with Crippen LogP contribution in [0.25, 0.3) is 0 Å². The molecule has 1 aromatic heterocycles. The van der Waals surface area contributed by atoms with Crippen LogP contribution in [0.5, 0.6) is 0 Å². The summed E-state index contributed by atoms with van der Waals surface area (Å²) < 4.78 is 4.50. The van der Waals surface area contributed by atoms with E-state index in [1.807, 2.05) is 0 Å². The minimum Gasteiger partial charge on any atom is -0.469 e. The maximum atomic E-state index is 12.0. The minimum atomic E-state index is -1.29. The minimum absolute atomic E-state index is 0.00812. The lowest BCUT2D eigenvalue weighted by molar-refractivity contribution is -0.141. The molecule has 10 heteroatoms. The molecule has 0 aliphatic carbocycles. The van der Waals surface area contributed by atoms with Gasteiger partial charge >= 0.3 is 5.97 Å². The number of hydrogen-bond acceptors (Lipinski definition) is 9. The molecule has 2 aliphatic heterocycles. The molecule has 156 valence electrons.